The minimum Gasteiger partial charge on any atom is -0.488 e. The summed E-state index contributed by atoms with van der Waals surface area (Å²) in [6, 6.07) is 2.14. The van der Waals surface area contributed by atoms with Crippen LogP contribution in [0.15, 0.2) is 12.1 Å². The summed E-state index contributed by atoms with van der Waals surface area (Å²) < 4.78 is 44.7. The number of carbonyl (C=O) groups is 1. The number of rotatable bonds is 5. The fourth-order valence-electron chi connectivity index (χ4n) is 3.88. The minimum absolute atomic E-state index is 0.0345. The van der Waals surface area contributed by atoms with E-state index in [9.17, 15) is 17.6 Å². The molecule has 3 unspecified atom stereocenters. The van der Waals surface area contributed by atoms with E-state index in [1.807, 2.05) is 0 Å². The smallest absolute Gasteiger partial charge is 0.267 e. The second kappa shape index (κ2) is 7.24. The van der Waals surface area contributed by atoms with Crippen LogP contribution >= 0.6 is 11.6 Å². The number of halogens is 2. The van der Waals surface area contributed by atoms with Gasteiger partial charge in [0.15, 0.2) is 0 Å². The summed E-state index contributed by atoms with van der Waals surface area (Å²) in [5, 5.41) is 0.0610. The van der Waals surface area contributed by atoms with Crippen molar-refractivity contribution in [2.24, 2.45) is 16.7 Å². The van der Waals surface area contributed by atoms with E-state index in [2.05, 4.69) is 34.6 Å². The molecule has 0 bridgehead atoms. The third-order valence-electron chi connectivity index (χ3n) is 6.53. The lowest BCUT2D eigenvalue weighted by Gasteiger charge is -2.43. The van der Waals surface area contributed by atoms with Crippen molar-refractivity contribution in [3.8, 4) is 5.75 Å². The lowest BCUT2D eigenvalue weighted by atomic mass is 9.64. The Bertz CT molecular complexity index is 856. The van der Waals surface area contributed by atoms with Gasteiger partial charge in [0.05, 0.1) is 16.8 Å². The third-order valence-corrected chi connectivity index (χ3v) is 7.38. The molecular weight excluding hydrogens is 393 g/mol. The maximum absolute atomic E-state index is 14.4. The summed E-state index contributed by atoms with van der Waals surface area (Å²) in [7, 11) is -3.81. The number of hydrogen-bond donors (Lipinski definition) is 1. The first-order valence-corrected chi connectivity index (χ1v) is 11.2. The maximum Gasteiger partial charge on any atom is 0.267 e. The van der Waals surface area contributed by atoms with E-state index in [0.717, 1.165) is 31.2 Å². The molecule has 1 amide bonds. The molecule has 1 aliphatic rings. The molecule has 5 nitrogen and oxygen atoms in total. The van der Waals surface area contributed by atoms with Crippen LogP contribution in [0.1, 0.15) is 57.8 Å². The molecule has 0 radical (unpaired) electrons. The summed E-state index contributed by atoms with van der Waals surface area (Å²) in [5.41, 5.74) is -0.540. The zero-order chi connectivity index (χ0) is 20.8. The van der Waals surface area contributed by atoms with E-state index in [4.69, 9.17) is 16.3 Å². The first-order valence-electron chi connectivity index (χ1n) is 8.90. The highest BCUT2D eigenvalue weighted by Gasteiger charge is 2.56. The number of amides is 1. The van der Waals surface area contributed by atoms with Crippen LogP contribution in [0.25, 0.3) is 0 Å². The van der Waals surface area contributed by atoms with Gasteiger partial charge in [-0.15, -0.1) is 0 Å². The van der Waals surface area contributed by atoms with Crippen LogP contribution in [0.2, 0.25) is 5.02 Å². The Balaban J connectivity index is 2.34. The minimum atomic E-state index is -3.81. The Labute approximate surface area is 165 Å². The molecule has 0 aromatic heterocycles. The van der Waals surface area contributed by atoms with E-state index in [0.29, 0.717) is 5.92 Å². The number of carbonyl (C=O) groups excluding carboxylic acids is 1. The zero-order valence-corrected chi connectivity index (χ0v) is 18.1. The van der Waals surface area contributed by atoms with E-state index >= 15 is 0 Å². The van der Waals surface area contributed by atoms with Crippen molar-refractivity contribution in [1.82, 2.24) is 4.72 Å². The highest BCUT2D eigenvalue weighted by molar-refractivity contribution is 7.89. The predicted molar refractivity (Wildman–Crippen MR) is 104 cm³/mol. The number of nitrogens with one attached hydrogen (secondary N) is 1. The summed E-state index contributed by atoms with van der Waals surface area (Å²) in [4.78, 5) is 11.9. The van der Waals surface area contributed by atoms with Crippen molar-refractivity contribution >= 4 is 27.5 Å². The Kier molecular flexibility index (Phi) is 5.89. The van der Waals surface area contributed by atoms with Gasteiger partial charge in [0, 0.05) is 11.5 Å². The lowest BCUT2D eigenvalue weighted by molar-refractivity contribution is 0.00917. The van der Waals surface area contributed by atoms with E-state index in [-0.39, 0.29) is 27.7 Å². The van der Waals surface area contributed by atoms with Crippen molar-refractivity contribution in [1.29, 1.82) is 0 Å². The summed E-state index contributed by atoms with van der Waals surface area (Å²) in [6.07, 6.45) is 2.37. The molecule has 3 atom stereocenters. The quantitative estimate of drug-likeness (QED) is 0.767. The van der Waals surface area contributed by atoms with Crippen LogP contribution in [0.4, 0.5) is 4.39 Å². The van der Waals surface area contributed by atoms with Crippen LogP contribution in [0, 0.1) is 22.6 Å². The van der Waals surface area contributed by atoms with Crippen molar-refractivity contribution in [2.45, 2.75) is 53.6 Å². The van der Waals surface area contributed by atoms with Crippen LogP contribution in [-0.2, 0) is 10.0 Å². The summed E-state index contributed by atoms with van der Waals surface area (Å²) in [5.74, 6) is -1.40. The molecule has 152 valence electrons. The van der Waals surface area contributed by atoms with Crippen molar-refractivity contribution in [2.75, 3.05) is 6.26 Å². The Morgan fingerprint density at radius 2 is 1.96 bits per heavy atom. The van der Waals surface area contributed by atoms with Gasteiger partial charge in [-0.2, -0.15) is 0 Å². The monoisotopic (exact) mass is 419 g/mol. The summed E-state index contributed by atoms with van der Waals surface area (Å²) >= 11 is 6.22. The van der Waals surface area contributed by atoms with E-state index in [1.54, 1.807) is 4.72 Å². The topological polar surface area (TPSA) is 72.5 Å². The van der Waals surface area contributed by atoms with Crippen LogP contribution < -0.4 is 9.46 Å². The molecule has 1 aliphatic carbocycles. The molecule has 0 aliphatic heterocycles. The molecule has 1 aromatic rings. The van der Waals surface area contributed by atoms with Gasteiger partial charge >= 0.3 is 0 Å². The van der Waals surface area contributed by atoms with Gasteiger partial charge in [-0.25, -0.2) is 17.5 Å². The molecule has 1 aromatic carbocycles. The van der Waals surface area contributed by atoms with Gasteiger partial charge in [-0.1, -0.05) is 46.2 Å². The van der Waals surface area contributed by atoms with Crippen LogP contribution in [0.3, 0.4) is 0 Å². The van der Waals surface area contributed by atoms with Gasteiger partial charge in [0.25, 0.3) is 5.91 Å². The van der Waals surface area contributed by atoms with Crippen molar-refractivity contribution in [3.63, 3.8) is 0 Å². The molecule has 1 N–H and O–H groups in total. The van der Waals surface area contributed by atoms with Crippen LogP contribution in [0.5, 0.6) is 5.75 Å². The number of sulfonamides is 1. The van der Waals surface area contributed by atoms with Gasteiger partial charge in [-0.05, 0) is 30.2 Å². The molecule has 0 heterocycles. The Morgan fingerprint density at radius 1 is 1.37 bits per heavy atom. The predicted octanol–water partition coefficient (Wildman–Crippen LogP) is 4.40. The normalized spacial score (nSPS) is 27.4. The average Bonchev–Trinajstić information content (AvgIpc) is 2.69. The second-order valence-electron chi connectivity index (χ2n) is 8.20. The second-order valence-corrected chi connectivity index (χ2v) is 10.4. The highest BCUT2D eigenvalue weighted by atomic mass is 35.5. The van der Waals surface area contributed by atoms with Crippen molar-refractivity contribution in [3.05, 3.63) is 28.5 Å². The number of benzene rings is 1. The lowest BCUT2D eigenvalue weighted by Crippen LogP contribution is -2.41. The van der Waals surface area contributed by atoms with Gasteiger partial charge in [0.1, 0.15) is 17.7 Å². The number of hydrogen-bond acceptors (Lipinski definition) is 4. The first kappa shape index (κ1) is 22.0. The molecule has 8 heteroatoms. The molecule has 0 saturated heterocycles. The van der Waals surface area contributed by atoms with Gasteiger partial charge in [0.2, 0.25) is 10.0 Å². The standard InChI is InChI=1S/C19H27ClFNO4S/c1-7-19(5)16(8-11(2)18(19,3)4)26-15-10-14(21)12(9-13(15)20)17(23)22-27(6,24)25/h9-11,16H,7-8H2,1-6H3,(H,22,23). The van der Waals surface area contributed by atoms with Gasteiger partial charge in [-0.3, -0.25) is 4.79 Å². The third kappa shape index (κ3) is 4.09. The summed E-state index contributed by atoms with van der Waals surface area (Å²) in [6.45, 7) is 10.9. The van der Waals surface area contributed by atoms with Crippen LogP contribution in [-0.4, -0.2) is 26.7 Å². The Hall–Kier alpha value is -1.34. The Morgan fingerprint density at radius 3 is 2.48 bits per heavy atom. The van der Waals surface area contributed by atoms with E-state index in [1.165, 1.54) is 0 Å². The average molecular weight is 420 g/mol. The largest absolute Gasteiger partial charge is 0.488 e. The molecule has 0 spiro atoms. The first-order chi connectivity index (χ1) is 12.2. The zero-order valence-electron chi connectivity index (χ0n) is 16.5. The highest BCUT2D eigenvalue weighted by Crippen LogP contribution is 2.58. The molecule has 1 saturated carbocycles. The molecule has 2 rings (SSSR count). The van der Waals surface area contributed by atoms with Crippen molar-refractivity contribution < 1.29 is 22.3 Å². The molecule has 1 fully saturated rings. The maximum atomic E-state index is 14.4. The van der Waals surface area contributed by atoms with Gasteiger partial charge < -0.3 is 4.74 Å². The molecule has 27 heavy (non-hydrogen) atoms. The molecular formula is C19H27ClFNO4S. The SMILES string of the molecule is CCC1(C)C(Oc2cc(F)c(C(=O)NS(C)(=O)=O)cc2Cl)CC(C)C1(C)C. The van der Waals surface area contributed by atoms with E-state index < -0.39 is 27.3 Å². The fourth-order valence-corrected chi connectivity index (χ4v) is 4.54. The number of ether oxygens (including phenoxy) is 1. The fraction of sp³-hybridized carbons (Fsp3) is 0.632.